The summed E-state index contributed by atoms with van der Waals surface area (Å²) in [7, 11) is 0. The number of rotatable bonds is 1. The predicted octanol–water partition coefficient (Wildman–Crippen LogP) is 3.94. The molecule has 1 fully saturated rings. The first kappa shape index (κ1) is 16.8. The zero-order valence-corrected chi connectivity index (χ0v) is 15.2. The maximum absolute atomic E-state index is 12.7. The molecular formula is C22H23NO3. The van der Waals surface area contributed by atoms with Gasteiger partial charge < -0.3 is 9.64 Å². The maximum Gasteiger partial charge on any atom is 0.253 e. The molecule has 2 aliphatic heterocycles. The highest BCUT2D eigenvalue weighted by atomic mass is 16.5. The van der Waals surface area contributed by atoms with Crippen molar-refractivity contribution in [3.05, 3.63) is 64.7 Å². The summed E-state index contributed by atoms with van der Waals surface area (Å²) in [6, 6.07) is 13.5. The molecule has 2 heterocycles. The van der Waals surface area contributed by atoms with Crippen molar-refractivity contribution in [2.24, 2.45) is 0 Å². The van der Waals surface area contributed by atoms with Crippen molar-refractivity contribution in [2.75, 3.05) is 13.1 Å². The van der Waals surface area contributed by atoms with E-state index in [1.807, 2.05) is 61.2 Å². The number of Topliss-reactive ketones (excluding diaryl/α,β-unsaturated/α-hetero) is 1. The molecule has 4 rings (SSSR count). The molecule has 2 aromatic rings. The van der Waals surface area contributed by atoms with E-state index in [2.05, 4.69) is 0 Å². The minimum atomic E-state index is -0.470. The fraction of sp³-hybridized carbons (Fsp3) is 0.364. The van der Waals surface area contributed by atoms with E-state index in [4.69, 9.17) is 4.74 Å². The number of aryl methyl sites for hydroxylation is 2. The van der Waals surface area contributed by atoms with Crippen LogP contribution in [0.5, 0.6) is 5.75 Å². The average molecular weight is 349 g/mol. The van der Waals surface area contributed by atoms with Crippen molar-refractivity contribution in [3.8, 4) is 5.75 Å². The predicted molar refractivity (Wildman–Crippen MR) is 99.8 cm³/mol. The van der Waals surface area contributed by atoms with Gasteiger partial charge in [-0.2, -0.15) is 0 Å². The minimum Gasteiger partial charge on any atom is -0.486 e. The number of hydrogen-bond acceptors (Lipinski definition) is 3. The van der Waals surface area contributed by atoms with Gasteiger partial charge in [-0.3, -0.25) is 9.59 Å². The third-order valence-electron chi connectivity index (χ3n) is 5.47. The van der Waals surface area contributed by atoms with Gasteiger partial charge in [0, 0.05) is 31.5 Å². The fourth-order valence-corrected chi connectivity index (χ4v) is 3.96. The Labute approximate surface area is 153 Å². The molecule has 2 aromatic carbocycles. The van der Waals surface area contributed by atoms with E-state index in [0.717, 1.165) is 16.7 Å². The van der Waals surface area contributed by atoms with Gasteiger partial charge in [-0.15, -0.1) is 0 Å². The molecule has 1 amide bonds. The van der Waals surface area contributed by atoms with Crippen molar-refractivity contribution >= 4 is 11.7 Å². The number of hydrogen-bond donors (Lipinski definition) is 0. The first-order valence-corrected chi connectivity index (χ1v) is 9.15. The molecule has 0 bridgehead atoms. The SMILES string of the molecule is Cc1cccc(C(=O)N2CCC3(CC2)CC(=O)c2cc(C)ccc2O3)c1. The smallest absolute Gasteiger partial charge is 0.253 e. The molecule has 0 unspecified atom stereocenters. The van der Waals surface area contributed by atoms with Crippen molar-refractivity contribution in [1.82, 2.24) is 4.90 Å². The number of benzene rings is 2. The molecule has 1 spiro atoms. The standard InChI is InChI=1S/C22H23NO3/c1-15-4-3-5-17(12-15)21(25)23-10-8-22(9-11-23)14-19(24)18-13-16(2)6-7-20(18)26-22/h3-7,12-13H,8-11,14H2,1-2H3. The van der Waals surface area contributed by atoms with Crippen molar-refractivity contribution < 1.29 is 14.3 Å². The Kier molecular flexibility index (Phi) is 4.06. The van der Waals surface area contributed by atoms with Crippen LogP contribution in [0.2, 0.25) is 0 Å². The molecule has 0 aliphatic carbocycles. The number of likely N-dealkylation sites (tertiary alicyclic amines) is 1. The van der Waals surface area contributed by atoms with E-state index in [-0.39, 0.29) is 11.7 Å². The minimum absolute atomic E-state index is 0.0571. The van der Waals surface area contributed by atoms with Crippen LogP contribution in [0, 0.1) is 13.8 Å². The molecule has 0 atom stereocenters. The number of piperidine rings is 1. The summed E-state index contributed by atoms with van der Waals surface area (Å²) in [5.74, 6) is 0.889. The van der Waals surface area contributed by atoms with E-state index in [0.29, 0.717) is 43.7 Å². The lowest BCUT2D eigenvalue weighted by Crippen LogP contribution is -2.52. The molecule has 4 nitrogen and oxygen atoms in total. The maximum atomic E-state index is 12.7. The summed E-state index contributed by atoms with van der Waals surface area (Å²) >= 11 is 0. The fourth-order valence-electron chi connectivity index (χ4n) is 3.96. The highest BCUT2D eigenvalue weighted by Crippen LogP contribution is 2.39. The van der Waals surface area contributed by atoms with Crippen LogP contribution >= 0.6 is 0 Å². The second kappa shape index (κ2) is 6.27. The Bertz CT molecular complexity index is 879. The summed E-state index contributed by atoms with van der Waals surface area (Å²) in [5, 5.41) is 0. The van der Waals surface area contributed by atoms with E-state index in [9.17, 15) is 9.59 Å². The molecular weight excluding hydrogens is 326 g/mol. The monoisotopic (exact) mass is 349 g/mol. The zero-order valence-electron chi connectivity index (χ0n) is 15.2. The lowest BCUT2D eigenvalue weighted by atomic mass is 9.82. The third kappa shape index (κ3) is 3.00. The largest absolute Gasteiger partial charge is 0.486 e. The second-order valence-corrected chi connectivity index (χ2v) is 7.55. The zero-order chi connectivity index (χ0) is 18.3. The first-order valence-electron chi connectivity index (χ1n) is 9.15. The van der Waals surface area contributed by atoms with Crippen molar-refractivity contribution in [3.63, 3.8) is 0 Å². The van der Waals surface area contributed by atoms with Crippen LogP contribution in [0.1, 0.15) is 51.1 Å². The Morgan fingerprint density at radius 1 is 1.04 bits per heavy atom. The number of ether oxygens (including phenoxy) is 1. The Morgan fingerprint density at radius 3 is 2.50 bits per heavy atom. The highest BCUT2D eigenvalue weighted by molar-refractivity contribution is 6.00. The Balaban J connectivity index is 1.49. The third-order valence-corrected chi connectivity index (χ3v) is 5.47. The quantitative estimate of drug-likeness (QED) is 0.783. The topological polar surface area (TPSA) is 46.6 Å². The van der Waals surface area contributed by atoms with Crippen LogP contribution in [-0.2, 0) is 0 Å². The van der Waals surface area contributed by atoms with Crippen LogP contribution in [0.4, 0.5) is 0 Å². The molecule has 0 N–H and O–H groups in total. The van der Waals surface area contributed by atoms with Gasteiger partial charge in [-0.25, -0.2) is 0 Å². The number of amides is 1. The summed E-state index contributed by atoms with van der Waals surface area (Å²) in [6.07, 6.45) is 1.77. The van der Waals surface area contributed by atoms with Crippen LogP contribution in [0.15, 0.2) is 42.5 Å². The van der Waals surface area contributed by atoms with Gasteiger partial charge in [0.25, 0.3) is 5.91 Å². The highest BCUT2D eigenvalue weighted by Gasteiger charge is 2.43. The van der Waals surface area contributed by atoms with Gasteiger partial charge in [-0.05, 0) is 38.1 Å². The molecule has 134 valence electrons. The van der Waals surface area contributed by atoms with E-state index in [1.165, 1.54) is 0 Å². The van der Waals surface area contributed by atoms with Gasteiger partial charge in [0.2, 0.25) is 0 Å². The summed E-state index contributed by atoms with van der Waals surface area (Å²) in [6.45, 7) is 5.19. The van der Waals surface area contributed by atoms with Gasteiger partial charge in [0.15, 0.2) is 5.78 Å². The lowest BCUT2D eigenvalue weighted by molar-refractivity contribution is -0.00572. The number of nitrogens with zero attached hydrogens (tertiary/aromatic N) is 1. The van der Waals surface area contributed by atoms with Crippen molar-refractivity contribution in [2.45, 2.75) is 38.7 Å². The van der Waals surface area contributed by atoms with Gasteiger partial charge in [0.05, 0.1) is 12.0 Å². The van der Waals surface area contributed by atoms with Crippen LogP contribution in [0.3, 0.4) is 0 Å². The molecule has 4 heteroatoms. The summed E-state index contributed by atoms with van der Waals surface area (Å²) < 4.78 is 6.28. The Morgan fingerprint density at radius 2 is 1.77 bits per heavy atom. The molecule has 26 heavy (non-hydrogen) atoms. The lowest BCUT2D eigenvalue weighted by Gasteiger charge is -2.44. The molecule has 0 radical (unpaired) electrons. The molecule has 2 aliphatic rings. The molecule has 0 saturated carbocycles. The molecule has 1 saturated heterocycles. The number of fused-ring (bicyclic) bond motifs is 1. The van der Waals surface area contributed by atoms with Crippen LogP contribution in [-0.4, -0.2) is 35.3 Å². The van der Waals surface area contributed by atoms with E-state index in [1.54, 1.807) is 0 Å². The number of carbonyl (C=O) groups is 2. The first-order chi connectivity index (χ1) is 12.5. The Hall–Kier alpha value is -2.62. The van der Waals surface area contributed by atoms with Crippen LogP contribution < -0.4 is 4.74 Å². The van der Waals surface area contributed by atoms with E-state index < -0.39 is 5.60 Å². The summed E-state index contributed by atoms with van der Waals surface area (Å²) in [4.78, 5) is 27.2. The second-order valence-electron chi connectivity index (χ2n) is 7.55. The van der Waals surface area contributed by atoms with E-state index >= 15 is 0 Å². The van der Waals surface area contributed by atoms with Gasteiger partial charge in [0.1, 0.15) is 11.4 Å². The average Bonchev–Trinajstić information content (AvgIpc) is 2.63. The van der Waals surface area contributed by atoms with Crippen LogP contribution in [0.25, 0.3) is 0 Å². The normalized spacial score (nSPS) is 18.4. The summed E-state index contributed by atoms with van der Waals surface area (Å²) in [5.41, 5.74) is 3.09. The number of ketones is 1. The molecule has 0 aromatic heterocycles. The van der Waals surface area contributed by atoms with Crippen molar-refractivity contribution in [1.29, 1.82) is 0 Å². The number of carbonyl (C=O) groups excluding carboxylic acids is 2. The van der Waals surface area contributed by atoms with Gasteiger partial charge >= 0.3 is 0 Å². The van der Waals surface area contributed by atoms with Gasteiger partial charge in [-0.1, -0.05) is 29.3 Å².